The van der Waals surface area contributed by atoms with E-state index in [2.05, 4.69) is 23.4 Å². The molecule has 2 N–H and O–H groups in total. The Morgan fingerprint density at radius 3 is 2.29 bits per heavy atom. The number of hydrogen-bond acceptors (Lipinski definition) is 5. The summed E-state index contributed by atoms with van der Waals surface area (Å²) in [5.74, 6) is -1.25. The Bertz CT molecular complexity index is 1180. The molecule has 0 aliphatic carbocycles. The maximum Gasteiger partial charge on any atom is 0.332 e. The molecule has 3 aromatic carbocycles. The van der Waals surface area contributed by atoms with Gasteiger partial charge in [-0.3, -0.25) is 4.79 Å². The van der Waals surface area contributed by atoms with E-state index in [1.165, 1.54) is 56.7 Å². The maximum atomic E-state index is 14.0. The van der Waals surface area contributed by atoms with Gasteiger partial charge in [0.25, 0.3) is 5.91 Å². The van der Waals surface area contributed by atoms with Gasteiger partial charge in [0.05, 0.1) is 25.5 Å². The first kappa shape index (κ1) is 24.8. The van der Waals surface area contributed by atoms with Crippen LogP contribution in [-0.2, 0) is 6.42 Å². The lowest BCUT2D eigenvalue weighted by atomic mass is 10.1. The van der Waals surface area contributed by atoms with E-state index >= 15 is 0 Å². The number of amides is 3. The van der Waals surface area contributed by atoms with Crippen LogP contribution in [0.1, 0.15) is 15.9 Å². The predicted octanol–water partition coefficient (Wildman–Crippen LogP) is 4.84. The number of ether oxygens (including phenoxy) is 2. The van der Waals surface area contributed by atoms with Crippen molar-refractivity contribution < 1.29 is 27.8 Å². The van der Waals surface area contributed by atoms with Gasteiger partial charge in [-0.1, -0.05) is 37.1 Å². The van der Waals surface area contributed by atoms with Crippen molar-refractivity contribution in [3.05, 3.63) is 83.4 Å². The molecule has 0 unspecified atom stereocenters. The number of thiol groups is 1. The Hall–Kier alpha value is -3.79. The second kappa shape index (κ2) is 11.4. The highest BCUT2D eigenvalue weighted by Gasteiger charge is 2.21. The van der Waals surface area contributed by atoms with Crippen LogP contribution >= 0.6 is 12.8 Å². The standard InChI is InChI=1S/C24H23F2N3O4S/c1-32-21-14-20(29(34)24(31)27-12-11-15-7-9-16(25)10-8-15)22(33-2)13-19(21)28-23(30)17-5-3-4-6-18(17)26/h3-10,13-14,34H,11-12H2,1-2H3,(H,27,31)(H,28,30). The Morgan fingerprint density at radius 1 is 0.971 bits per heavy atom. The van der Waals surface area contributed by atoms with E-state index in [1.54, 1.807) is 18.2 Å². The quantitative estimate of drug-likeness (QED) is 0.398. The van der Waals surface area contributed by atoms with Gasteiger partial charge in [-0.15, -0.1) is 0 Å². The molecule has 0 bridgehead atoms. The number of carbonyl (C=O) groups is 2. The third-order valence-corrected chi connectivity index (χ3v) is 5.29. The minimum atomic E-state index is -0.674. The molecule has 0 aliphatic rings. The topological polar surface area (TPSA) is 79.9 Å². The smallest absolute Gasteiger partial charge is 0.332 e. The minimum Gasteiger partial charge on any atom is -0.494 e. The summed E-state index contributed by atoms with van der Waals surface area (Å²) < 4.78 is 38.7. The number of nitrogens with zero attached hydrogens (tertiary/aromatic N) is 1. The van der Waals surface area contributed by atoms with Crippen molar-refractivity contribution in [1.82, 2.24) is 5.32 Å². The van der Waals surface area contributed by atoms with E-state index in [0.717, 1.165) is 9.87 Å². The van der Waals surface area contributed by atoms with Gasteiger partial charge in [0.2, 0.25) is 0 Å². The molecule has 3 aromatic rings. The molecule has 0 aliphatic heterocycles. The Balaban J connectivity index is 1.74. The summed E-state index contributed by atoms with van der Waals surface area (Å²) >= 11 is 4.27. The van der Waals surface area contributed by atoms with Gasteiger partial charge in [-0.2, -0.15) is 0 Å². The Morgan fingerprint density at radius 2 is 1.65 bits per heavy atom. The van der Waals surface area contributed by atoms with Crippen molar-refractivity contribution in [2.24, 2.45) is 0 Å². The minimum absolute atomic E-state index is 0.135. The summed E-state index contributed by atoms with van der Waals surface area (Å²) in [5, 5.41) is 5.31. The number of carbonyl (C=O) groups excluding carboxylic acids is 2. The van der Waals surface area contributed by atoms with Crippen LogP contribution in [0, 0.1) is 11.6 Å². The zero-order valence-electron chi connectivity index (χ0n) is 18.5. The third-order valence-electron chi connectivity index (χ3n) is 4.89. The SMILES string of the molecule is COc1cc(N(S)C(=O)NCCc2ccc(F)cc2)c(OC)cc1NC(=O)c1ccccc1F. The van der Waals surface area contributed by atoms with Gasteiger partial charge in [0.1, 0.15) is 28.8 Å². The van der Waals surface area contributed by atoms with Gasteiger partial charge < -0.3 is 20.1 Å². The summed E-state index contributed by atoms with van der Waals surface area (Å²) in [6.45, 7) is 0.289. The molecule has 3 amide bonds. The zero-order valence-corrected chi connectivity index (χ0v) is 19.4. The summed E-state index contributed by atoms with van der Waals surface area (Å²) in [4.78, 5) is 25.1. The van der Waals surface area contributed by atoms with E-state index in [0.29, 0.717) is 6.42 Å². The maximum absolute atomic E-state index is 14.0. The lowest BCUT2D eigenvalue weighted by molar-refractivity contribution is 0.102. The first-order valence-electron chi connectivity index (χ1n) is 10.2. The van der Waals surface area contributed by atoms with E-state index in [-0.39, 0.29) is 40.8 Å². The molecule has 0 saturated heterocycles. The Kier molecular flexibility index (Phi) is 8.31. The number of benzene rings is 3. The fourth-order valence-electron chi connectivity index (χ4n) is 3.13. The fourth-order valence-corrected chi connectivity index (χ4v) is 3.36. The normalized spacial score (nSPS) is 10.4. The van der Waals surface area contributed by atoms with Crippen LogP contribution < -0.4 is 24.4 Å². The predicted molar refractivity (Wildman–Crippen MR) is 129 cm³/mol. The summed E-state index contributed by atoms with van der Waals surface area (Å²) in [6, 6.07) is 13.9. The van der Waals surface area contributed by atoms with Crippen molar-refractivity contribution in [3.8, 4) is 11.5 Å². The average Bonchev–Trinajstić information content (AvgIpc) is 2.84. The number of methoxy groups -OCH3 is 2. The average molecular weight is 488 g/mol. The highest BCUT2D eigenvalue weighted by Crippen LogP contribution is 2.39. The number of hydrogen-bond donors (Lipinski definition) is 3. The van der Waals surface area contributed by atoms with E-state index in [1.807, 2.05) is 0 Å². The molecule has 7 nitrogen and oxygen atoms in total. The van der Waals surface area contributed by atoms with E-state index < -0.39 is 17.8 Å². The molecule has 0 aromatic heterocycles. The van der Waals surface area contributed by atoms with Crippen LogP contribution in [0.4, 0.5) is 25.0 Å². The highest BCUT2D eigenvalue weighted by atomic mass is 32.1. The largest absolute Gasteiger partial charge is 0.494 e. The van der Waals surface area contributed by atoms with Gasteiger partial charge in [0, 0.05) is 18.7 Å². The lowest BCUT2D eigenvalue weighted by Crippen LogP contribution is -2.35. The molecular weight excluding hydrogens is 464 g/mol. The second-order valence-electron chi connectivity index (χ2n) is 7.08. The van der Waals surface area contributed by atoms with Crippen molar-refractivity contribution in [2.45, 2.75) is 6.42 Å². The first-order valence-corrected chi connectivity index (χ1v) is 10.6. The molecule has 0 atom stereocenters. The van der Waals surface area contributed by atoms with Crippen LogP contribution in [-0.4, -0.2) is 32.7 Å². The van der Waals surface area contributed by atoms with E-state index in [4.69, 9.17) is 9.47 Å². The van der Waals surface area contributed by atoms with Gasteiger partial charge >= 0.3 is 6.03 Å². The molecule has 178 valence electrons. The van der Waals surface area contributed by atoms with Crippen molar-refractivity contribution in [3.63, 3.8) is 0 Å². The summed E-state index contributed by atoms with van der Waals surface area (Å²) in [6.07, 6.45) is 0.495. The molecule has 0 heterocycles. The highest BCUT2D eigenvalue weighted by molar-refractivity contribution is 7.82. The first-order chi connectivity index (χ1) is 16.3. The molecule has 0 saturated carbocycles. The zero-order chi connectivity index (χ0) is 24.7. The molecule has 0 radical (unpaired) electrons. The number of halogens is 2. The second-order valence-corrected chi connectivity index (χ2v) is 7.48. The molecule has 34 heavy (non-hydrogen) atoms. The van der Waals surface area contributed by atoms with Crippen LogP contribution in [0.25, 0.3) is 0 Å². The Labute approximate surface area is 201 Å². The third kappa shape index (κ3) is 5.96. The summed E-state index contributed by atoms with van der Waals surface area (Å²) in [7, 11) is 2.78. The molecule has 10 heteroatoms. The summed E-state index contributed by atoms with van der Waals surface area (Å²) in [5.41, 5.74) is 1.20. The lowest BCUT2D eigenvalue weighted by Gasteiger charge is -2.21. The van der Waals surface area contributed by atoms with Crippen molar-refractivity contribution in [1.29, 1.82) is 0 Å². The van der Waals surface area contributed by atoms with Crippen molar-refractivity contribution >= 4 is 36.1 Å². The molecule has 0 spiro atoms. The number of nitrogens with one attached hydrogen (secondary N) is 2. The van der Waals surface area contributed by atoms with E-state index in [9.17, 15) is 18.4 Å². The number of urea groups is 1. The monoisotopic (exact) mass is 487 g/mol. The van der Waals surface area contributed by atoms with Crippen LogP contribution in [0.5, 0.6) is 11.5 Å². The molecular formula is C24H23F2N3O4S. The van der Waals surface area contributed by atoms with Gasteiger partial charge in [-0.25, -0.2) is 17.9 Å². The number of anilines is 2. The molecule has 3 rings (SSSR count). The number of rotatable bonds is 8. The molecule has 0 fully saturated rings. The van der Waals surface area contributed by atoms with Gasteiger partial charge in [-0.05, 0) is 36.2 Å². The van der Waals surface area contributed by atoms with Crippen LogP contribution in [0.15, 0.2) is 60.7 Å². The van der Waals surface area contributed by atoms with Gasteiger partial charge in [0.15, 0.2) is 0 Å². The van der Waals surface area contributed by atoms with Crippen molar-refractivity contribution in [2.75, 3.05) is 30.4 Å². The van der Waals surface area contributed by atoms with Crippen LogP contribution in [0.3, 0.4) is 0 Å². The van der Waals surface area contributed by atoms with Crippen LogP contribution in [0.2, 0.25) is 0 Å². The fraction of sp³-hybridized carbons (Fsp3) is 0.167.